The Balaban J connectivity index is 1.92. The number of nitrogens with zero attached hydrogens (tertiary/aromatic N) is 1. The summed E-state index contributed by atoms with van der Waals surface area (Å²) in [7, 11) is 0. The van der Waals surface area contributed by atoms with Crippen molar-refractivity contribution >= 4 is 5.91 Å². The van der Waals surface area contributed by atoms with Gasteiger partial charge in [-0.1, -0.05) is 24.3 Å². The lowest BCUT2D eigenvalue weighted by Crippen LogP contribution is -2.48. The summed E-state index contributed by atoms with van der Waals surface area (Å²) in [6, 6.07) is 7.53. The molecule has 0 bridgehead atoms. The van der Waals surface area contributed by atoms with Gasteiger partial charge in [0.1, 0.15) is 6.54 Å². The van der Waals surface area contributed by atoms with E-state index in [9.17, 15) is 18.0 Å². The van der Waals surface area contributed by atoms with Crippen LogP contribution < -0.4 is 5.32 Å². The maximum atomic E-state index is 12.1. The number of alkyl halides is 3. The van der Waals surface area contributed by atoms with E-state index in [-0.39, 0.29) is 0 Å². The van der Waals surface area contributed by atoms with Gasteiger partial charge in [0.15, 0.2) is 0 Å². The third-order valence-electron chi connectivity index (χ3n) is 3.85. The number of fused-ring (bicyclic) bond motifs is 1. The van der Waals surface area contributed by atoms with Crippen molar-refractivity contribution in [3.8, 4) is 0 Å². The molecule has 1 aromatic carbocycles. The number of carbonyl (C=O) groups is 1. The highest BCUT2D eigenvalue weighted by molar-refractivity contribution is 5.81. The van der Waals surface area contributed by atoms with Gasteiger partial charge in [-0.15, -0.1) is 0 Å². The summed E-state index contributed by atoms with van der Waals surface area (Å²) in [4.78, 5) is 13.8. The van der Waals surface area contributed by atoms with E-state index in [4.69, 9.17) is 0 Å². The van der Waals surface area contributed by atoms with Crippen molar-refractivity contribution < 1.29 is 18.0 Å². The maximum absolute atomic E-state index is 12.1. The largest absolute Gasteiger partial charge is 0.405 e. The molecule has 1 aliphatic heterocycles. The molecule has 1 heterocycles. The van der Waals surface area contributed by atoms with E-state index in [2.05, 4.69) is 12.1 Å². The number of halogens is 3. The van der Waals surface area contributed by atoms with Gasteiger partial charge >= 0.3 is 6.18 Å². The standard InChI is InChI=1S/C15H19F3N2O/c1-11(14(21)19-10-15(16,17)18)20-8-6-12-4-2-3-5-13(12)7-9-20/h2-5,11H,6-10H2,1H3,(H,19,21)/t11-/m1/s1. The molecule has 0 radical (unpaired) electrons. The van der Waals surface area contributed by atoms with Gasteiger partial charge in [-0.3, -0.25) is 9.69 Å². The van der Waals surface area contributed by atoms with Crippen molar-refractivity contribution in [1.82, 2.24) is 10.2 Å². The summed E-state index contributed by atoms with van der Waals surface area (Å²) < 4.78 is 36.4. The Morgan fingerprint density at radius 2 is 1.76 bits per heavy atom. The van der Waals surface area contributed by atoms with Gasteiger partial charge in [0, 0.05) is 13.1 Å². The van der Waals surface area contributed by atoms with Crippen LogP contribution in [0.3, 0.4) is 0 Å². The average Bonchev–Trinajstić information content (AvgIpc) is 2.65. The van der Waals surface area contributed by atoms with Gasteiger partial charge in [0.25, 0.3) is 0 Å². The number of hydrogen-bond acceptors (Lipinski definition) is 2. The molecule has 3 nitrogen and oxygen atoms in total. The molecule has 0 unspecified atom stereocenters. The van der Waals surface area contributed by atoms with E-state index >= 15 is 0 Å². The number of hydrogen-bond donors (Lipinski definition) is 1. The molecule has 116 valence electrons. The summed E-state index contributed by atoms with van der Waals surface area (Å²) in [5.41, 5.74) is 2.51. The summed E-state index contributed by atoms with van der Waals surface area (Å²) in [5, 5.41) is 1.96. The van der Waals surface area contributed by atoms with Gasteiger partial charge in [-0.05, 0) is 30.9 Å². The summed E-state index contributed by atoms with van der Waals surface area (Å²) in [6.45, 7) is 1.74. The lowest BCUT2D eigenvalue weighted by atomic mass is 10.0. The van der Waals surface area contributed by atoms with Gasteiger partial charge in [0.2, 0.25) is 5.91 Å². The number of amides is 1. The van der Waals surface area contributed by atoms with E-state index in [1.807, 2.05) is 22.3 Å². The first-order valence-electron chi connectivity index (χ1n) is 7.02. The lowest BCUT2D eigenvalue weighted by Gasteiger charge is -2.26. The van der Waals surface area contributed by atoms with E-state index in [1.54, 1.807) is 6.92 Å². The van der Waals surface area contributed by atoms with Crippen LogP contribution in [-0.2, 0) is 17.6 Å². The van der Waals surface area contributed by atoms with Crippen LogP contribution in [0, 0.1) is 0 Å². The van der Waals surface area contributed by atoms with Crippen molar-refractivity contribution in [1.29, 1.82) is 0 Å². The molecule has 1 atom stereocenters. The highest BCUT2D eigenvalue weighted by atomic mass is 19.4. The number of benzene rings is 1. The Labute approximate surface area is 122 Å². The Morgan fingerprint density at radius 3 is 2.24 bits per heavy atom. The lowest BCUT2D eigenvalue weighted by molar-refractivity contribution is -0.141. The SMILES string of the molecule is C[C@H](C(=O)NCC(F)(F)F)N1CCc2ccccc2CC1. The van der Waals surface area contributed by atoms with Crippen LogP contribution in [-0.4, -0.2) is 42.7 Å². The zero-order valence-corrected chi connectivity index (χ0v) is 11.9. The van der Waals surface area contributed by atoms with Crippen LogP contribution in [0.2, 0.25) is 0 Å². The fourth-order valence-electron chi connectivity index (χ4n) is 2.57. The second-order valence-electron chi connectivity index (χ2n) is 5.31. The molecule has 0 aromatic heterocycles. The molecule has 0 saturated carbocycles. The topological polar surface area (TPSA) is 32.3 Å². The van der Waals surface area contributed by atoms with E-state index < -0.39 is 24.7 Å². The van der Waals surface area contributed by atoms with Gasteiger partial charge in [-0.25, -0.2) is 0 Å². The first-order chi connectivity index (χ1) is 9.87. The fourth-order valence-corrected chi connectivity index (χ4v) is 2.57. The molecule has 0 saturated heterocycles. The normalized spacial score (nSPS) is 17.7. The Bertz CT molecular complexity index is 475. The quantitative estimate of drug-likeness (QED) is 0.928. The fraction of sp³-hybridized carbons (Fsp3) is 0.533. The minimum Gasteiger partial charge on any atom is -0.346 e. The van der Waals surface area contributed by atoms with Crippen molar-refractivity contribution in [2.24, 2.45) is 0 Å². The van der Waals surface area contributed by atoms with E-state index in [0.717, 1.165) is 12.8 Å². The summed E-state index contributed by atoms with van der Waals surface area (Å²) >= 11 is 0. The molecule has 2 rings (SSSR count). The molecule has 1 amide bonds. The third kappa shape index (κ3) is 4.46. The number of nitrogens with one attached hydrogen (secondary N) is 1. The Hall–Kier alpha value is -1.56. The van der Waals surface area contributed by atoms with Crippen LogP contribution in [0.1, 0.15) is 18.1 Å². The molecule has 1 aliphatic rings. The van der Waals surface area contributed by atoms with Crippen LogP contribution in [0.5, 0.6) is 0 Å². The highest BCUT2D eigenvalue weighted by Crippen LogP contribution is 2.17. The monoisotopic (exact) mass is 300 g/mol. The third-order valence-corrected chi connectivity index (χ3v) is 3.85. The maximum Gasteiger partial charge on any atom is 0.405 e. The zero-order valence-electron chi connectivity index (χ0n) is 11.9. The predicted molar refractivity (Wildman–Crippen MR) is 73.9 cm³/mol. The van der Waals surface area contributed by atoms with E-state index in [1.165, 1.54) is 11.1 Å². The molecule has 21 heavy (non-hydrogen) atoms. The molecular formula is C15H19F3N2O. The summed E-state index contributed by atoms with van der Waals surface area (Å²) in [5.74, 6) is -0.571. The van der Waals surface area contributed by atoms with Gasteiger partial charge in [0.05, 0.1) is 6.04 Å². The van der Waals surface area contributed by atoms with Gasteiger partial charge in [-0.2, -0.15) is 13.2 Å². The van der Waals surface area contributed by atoms with Crippen LogP contribution in [0.4, 0.5) is 13.2 Å². The van der Waals surface area contributed by atoms with Crippen molar-refractivity contribution in [3.63, 3.8) is 0 Å². The molecule has 1 N–H and O–H groups in total. The molecule has 0 aliphatic carbocycles. The molecule has 0 fully saturated rings. The minimum absolute atomic E-state index is 0.554. The van der Waals surface area contributed by atoms with E-state index in [0.29, 0.717) is 13.1 Å². The molecule has 0 spiro atoms. The highest BCUT2D eigenvalue weighted by Gasteiger charge is 2.30. The first kappa shape index (κ1) is 15.8. The first-order valence-corrected chi connectivity index (χ1v) is 7.02. The van der Waals surface area contributed by atoms with Crippen LogP contribution in [0.25, 0.3) is 0 Å². The number of carbonyl (C=O) groups excluding carboxylic acids is 1. The molecule has 6 heteroatoms. The minimum atomic E-state index is -4.37. The smallest absolute Gasteiger partial charge is 0.346 e. The number of rotatable bonds is 3. The van der Waals surface area contributed by atoms with Crippen LogP contribution in [0.15, 0.2) is 24.3 Å². The summed E-state index contributed by atoms with van der Waals surface area (Å²) in [6.07, 6.45) is -2.75. The van der Waals surface area contributed by atoms with Gasteiger partial charge < -0.3 is 5.32 Å². The second-order valence-corrected chi connectivity index (χ2v) is 5.31. The average molecular weight is 300 g/mol. The Morgan fingerprint density at radius 1 is 1.24 bits per heavy atom. The predicted octanol–water partition coefficient (Wildman–Crippen LogP) is 2.15. The molecule has 1 aromatic rings. The second kappa shape index (κ2) is 6.47. The zero-order chi connectivity index (χ0) is 15.5. The molecular weight excluding hydrogens is 281 g/mol. The van der Waals surface area contributed by atoms with Crippen molar-refractivity contribution in [2.75, 3.05) is 19.6 Å². The van der Waals surface area contributed by atoms with Crippen LogP contribution >= 0.6 is 0 Å². The van der Waals surface area contributed by atoms with Crippen molar-refractivity contribution in [2.45, 2.75) is 32.0 Å². The van der Waals surface area contributed by atoms with Crippen molar-refractivity contribution in [3.05, 3.63) is 35.4 Å². The Kier molecular flexibility index (Phi) is 4.88.